The van der Waals surface area contributed by atoms with E-state index in [1.54, 1.807) is 7.05 Å². The smallest absolute Gasteiger partial charge is 0.309 e. The molecule has 0 aliphatic heterocycles. The van der Waals surface area contributed by atoms with Gasteiger partial charge in [0.25, 0.3) is 0 Å². The first-order valence-corrected chi connectivity index (χ1v) is 8.17. The van der Waals surface area contributed by atoms with Gasteiger partial charge in [0.2, 0.25) is 0 Å². The second-order valence-corrected chi connectivity index (χ2v) is 7.09. The van der Waals surface area contributed by atoms with Gasteiger partial charge in [-0.05, 0) is 53.4 Å². The van der Waals surface area contributed by atoms with Crippen molar-refractivity contribution in [2.24, 2.45) is 0 Å². The van der Waals surface area contributed by atoms with Crippen LogP contribution < -0.4 is 5.32 Å². The molecule has 0 aliphatic carbocycles. The van der Waals surface area contributed by atoms with E-state index in [1.165, 1.54) is 6.20 Å². The number of nitrogens with one attached hydrogen (secondary N) is 1. The number of nitrogens with zero attached hydrogens (tertiary/aromatic N) is 1. The van der Waals surface area contributed by atoms with Gasteiger partial charge < -0.3 is 5.32 Å². The minimum atomic E-state index is -4.40. The predicted octanol–water partition coefficient (Wildman–Crippen LogP) is 4.84. The zero-order valence-corrected chi connectivity index (χ0v) is 14.7. The molecule has 108 valence electrons. The maximum Gasteiger partial charge on any atom is 0.443 e. The molecule has 0 saturated carbocycles. The highest BCUT2D eigenvalue weighted by molar-refractivity contribution is 14.1. The fourth-order valence-electron chi connectivity index (χ4n) is 1.74. The molecule has 1 heterocycles. The summed E-state index contributed by atoms with van der Waals surface area (Å²) >= 11 is 6.21. The van der Waals surface area contributed by atoms with Crippen LogP contribution >= 0.6 is 49.9 Å². The van der Waals surface area contributed by atoms with E-state index in [0.29, 0.717) is 16.2 Å². The number of aromatic nitrogens is 1. The first kappa shape index (κ1) is 16.2. The second kappa shape index (κ2) is 6.29. The molecular formula is C12H9BrF3IN2S. The van der Waals surface area contributed by atoms with E-state index in [-0.39, 0.29) is 6.04 Å². The summed E-state index contributed by atoms with van der Waals surface area (Å²) in [6, 6.07) is 5.39. The van der Waals surface area contributed by atoms with E-state index in [2.05, 4.69) is 48.8 Å². The van der Waals surface area contributed by atoms with E-state index in [9.17, 15) is 13.2 Å². The van der Waals surface area contributed by atoms with Gasteiger partial charge in [-0.2, -0.15) is 13.2 Å². The molecule has 1 unspecified atom stereocenters. The Kier molecular flexibility index (Phi) is 5.09. The van der Waals surface area contributed by atoms with Crippen LogP contribution in [-0.4, -0.2) is 12.0 Å². The molecule has 0 radical (unpaired) electrons. The molecule has 20 heavy (non-hydrogen) atoms. The maximum atomic E-state index is 12.6. The van der Waals surface area contributed by atoms with Crippen LogP contribution in [0.5, 0.6) is 0 Å². The van der Waals surface area contributed by atoms with Gasteiger partial charge in [0.1, 0.15) is 0 Å². The summed E-state index contributed by atoms with van der Waals surface area (Å²) in [6.45, 7) is 0. The third-order valence-corrected chi connectivity index (χ3v) is 5.19. The molecule has 0 fully saturated rings. The maximum absolute atomic E-state index is 12.6. The van der Waals surface area contributed by atoms with Crippen LogP contribution in [0, 0.1) is 3.57 Å². The summed E-state index contributed by atoms with van der Waals surface area (Å²) in [4.78, 5) is 4.01. The Balaban J connectivity index is 2.42. The molecule has 0 aliphatic rings. The lowest BCUT2D eigenvalue weighted by molar-refractivity contribution is -0.137. The molecule has 2 nitrogen and oxygen atoms in total. The fourth-order valence-corrected chi connectivity index (χ4v) is 3.68. The van der Waals surface area contributed by atoms with Crippen molar-refractivity contribution in [2.75, 3.05) is 7.05 Å². The summed E-state index contributed by atoms with van der Waals surface area (Å²) in [6.07, 6.45) is -3.11. The predicted molar refractivity (Wildman–Crippen MR) is 84.9 cm³/mol. The second-order valence-electron chi connectivity index (χ2n) is 3.95. The van der Waals surface area contributed by atoms with Gasteiger partial charge in [0.05, 0.1) is 6.04 Å². The van der Waals surface area contributed by atoms with Crippen LogP contribution in [0.1, 0.15) is 21.5 Å². The summed E-state index contributed by atoms with van der Waals surface area (Å²) in [5, 5.41) is 2.22. The van der Waals surface area contributed by atoms with Crippen molar-refractivity contribution in [3.63, 3.8) is 0 Å². The molecule has 1 N–H and O–H groups in total. The quantitative estimate of drug-likeness (QED) is 0.641. The highest BCUT2D eigenvalue weighted by atomic mass is 127. The lowest BCUT2D eigenvalue weighted by Gasteiger charge is -2.16. The van der Waals surface area contributed by atoms with Crippen LogP contribution in [0.15, 0.2) is 28.9 Å². The number of hydrogen-bond acceptors (Lipinski definition) is 3. The zero-order valence-electron chi connectivity index (χ0n) is 10.1. The van der Waals surface area contributed by atoms with Crippen molar-refractivity contribution in [3.05, 3.63) is 47.9 Å². The molecule has 1 atom stereocenters. The molecule has 8 heteroatoms. The van der Waals surface area contributed by atoms with Gasteiger partial charge >= 0.3 is 6.18 Å². The lowest BCUT2D eigenvalue weighted by Crippen LogP contribution is -2.17. The Labute approximate surface area is 140 Å². The Morgan fingerprint density at radius 2 is 2.10 bits per heavy atom. The van der Waals surface area contributed by atoms with Gasteiger partial charge in [-0.1, -0.05) is 15.9 Å². The van der Waals surface area contributed by atoms with Crippen LogP contribution in [0.3, 0.4) is 0 Å². The average molecular weight is 477 g/mol. The van der Waals surface area contributed by atoms with Gasteiger partial charge in [-0.3, -0.25) is 0 Å². The van der Waals surface area contributed by atoms with Crippen LogP contribution in [0.4, 0.5) is 13.2 Å². The van der Waals surface area contributed by atoms with Crippen molar-refractivity contribution in [2.45, 2.75) is 12.2 Å². The number of benzene rings is 1. The third kappa shape index (κ3) is 3.52. The highest BCUT2D eigenvalue weighted by Gasteiger charge is 2.35. The third-order valence-electron chi connectivity index (χ3n) is 2.61. The normalized spacial score (nSPS) is 13.5. The zero-order chi connectivity index (χ0) is 14.9. The molecule has 1 aromatic heterocycles. The number of alkyl halides is 3. The van der Waals surface area contributed by atoms with Crippen molar-refractivity contribution in [1.82, 2.24) is 10.3 Å². The van der Waals surface area contributed by atoms with E-state index in [4.69, 9.17) is 0 Å². The van der Waals surface area contributed by atoms with Gasteiger partial charge in [0.15, 0.2) is 5.01 Å². The summed E-state index contributed by atoms with van der Waals surface area (Å²) in [5.74, 6) is 0. The monoisotopic (exact) mass is 476 g/mol. The van der Waals surface area contributed by atoms with Crippen molar-refractivity contribution < 1.29 is 13.2 Å². The van der Waals surface area contributed by atoms with Gasteiger partial charge in [0, 0.05) is 19.1 Å². The minimum absolute atomic E-state index is 0.312. The van der Waals surface area contributed by atoms with E-state index in [1.807, 2.05) is 18.2 Å². The Morgan fingerprint density at radius 3 is 2.65 bits per heavy atom. The molecule has 2 rings (SSSR count). The number of thiazole rings is 1. The van der Waals surface area contributed by atoms with E-state index in [0.717, 1.165) is 13.6 Å². The fraction of sp³-hybridized carbons (Fsp3) is 0.250. The van der Waals surface area contributed by atoms with Crippen molar-refractivity contribution >= 4 is 49.9 Å². The average Bonchev–Trinajstić information content (AvgIpc) is 2.84. The lowest BCUT2D eigenvalue weighted by atomic mass is 10.1. The Morgan fingerprint density at radius 1 is 1.40 bits per heavy atom. The first-order chi connectivity index (χ1) is 9.32. The first-order valence-electron chi connectivity index (χ1n) is 5.48. The Hall–Kier alpha value is -0.190. The van der Waals surface area contributed by atoms with Crippen molar-refractivity contribution in [3.8, 4) is 0 Å². The SMILES string of the molecule is CNC(c1cnc(C(F)(F)F)s1)c1cc(Br)ccc1I. The molecule has 0 spiro atoms. The van der Waals surface area contributed by atoms with Gasteiger partial charge in [-0.25, -0.2) is 4.98 Å². The highest BCUT2D eigenvalue weighted by Crippen LogP contribution is 2.37. The van der Waals surface area contributed by atoms with E-state index < -0.39 is 11.2 Å². The summed E-state index contributed by atoms with van der Waals surface area (Å²) in [7, 11) is 1.72. The molecule has 1 aromatic carbocycles. The minimum Gasteiger partial charge on any atom is -0.309 e. The molecule has 0 saturated heterocycles. The molecule has 0 bridgehead atoms. The number of hydrogen-bond donors (Lipinski definition) is 1. The summed E-state index contributed by atoms with van der Waals surface area (Å²) < 4.78 is 39.8. The topological polar surface area (TPSA) is 24.9 Å². The molecule has 2 aromatic rings. The Bertz CT molecular complexity index is 615. The standard InChI is InChI=1S/C12H9BrF3IN2S/c1-18-10(7-4-6(13)2-3-8(7)17)9-5-19-11(20-9)12(14,15)16/h2-5,10,18H,1H3. The number of halogens is 5. The molecule has 0 amide bonds. The van der Waals surface area contributed by atoms with Crippen LogP contribution in [-0.2, 0) is 6.18 Å². The van der Waals surface area contributed by atoms with E-state index >= 15 is 0 Å². The van der Waals surface area contributed by atoms with Crippen molar-refractivity contribution in [1.29, 1.82) is 0 Å². The van der Waals surface area contributed by atoms with Gasteiger partial charge in [-0.15, -0.1) is 11.3 Å². The van der Waals surface area contributed by atoms with Crippen LogP contribution in [0.25, 0.3) is 0 Å². The number of rotatable bonds is 3. The largest absolute Gasteiger partial charge is 0.443 e. The summed E-state index contributed by atoms with van der Waals surface area (Å²) in [5.41, 5.74) is 0.917. The molecular weight excluding hydrogens is 468 g/mol. The van der Waals surface area contributed by atoms with Crippen LogP contribution in [0.2, 0.25) is 0 Å².